The first kappa shape index (κ1) is 16.1. The van der Waals surface area contributed by atoms with Crippen LogP contribution in [0.25, 0.3) is 0 Å². The van der Waals surface area contributed by atoms with Crippen molar-refractivity contribution in [3.05, 3.63) is 12.2 Å². The number of carbonyl (C=O) groups excluding carboxylic acids is 2. The zero-order valence-corrected chi connectivity index (χ0v) is 12.6. The van der Waals surface area contributed by atoms with Crippen LogP contribution in [0.15, 0.2) is 12.2 Å². The molecule has 1 rings (SSSR count). The van der Waals surface area contributed by atoms with E-state index in [1.165, 1.54) is 19.3 Å². The second-order valence-corrected chi connectivity index (χ2v) is 7.23. The molecule has 0 aromatic rings. The number of rotatable bonds is 6. The van der Waals surface area contributed by atoms with Gasteiger partial charge in [0.2, 0.25) is 5.75 Å². The van der Waals surface area contributed by atoms with E-state index in [2.05, 4.69) is 6.58 Å². The second-order valence-electron chi connectivity index (χ2n) is 4.90. The van der Waals surface area contributed by atoms with Crippen LogP contribution in [0.2, 0.25) is 0 Å². The molecule has 4 nitrogen and oxygen atoms in total. The Morgan fingerprint density at radius 1 is 1.26 bits per heavy atom. The van der Waals surface area contributed by atoms with Gasteiger partial charge in [0.25, 0.3) is 0 Å². The molecule has 0 saturated carbocycles. The summed E-state index contributed by atoms with van der Waals surface area (Å²) in [4.78, 5) is 22.9. The molecule has 1 aliphatic heterocycles. The largest absolute Gasteiger partial charge is 0.458 e. The van der Waals surface area contributed by atoms with Gasteiger partial charge in [0.05, 0.1) is 0 Å². The Balaban J connectivity index is 2.19. The molecule has 0 bridgehead atoms. The smallest absolute Gasteiger partial charge is 0.356 e. The van der Waals surface area contributed by atoms with Crippen molar-refractivity contribution in [3.8, 4) is 0 Å². The van der Waals surface area contributed by atoms with Crippen LogP contribution in [-0.2, 0) is 30.0 Å². The molecule has 1 aliphatic rings. The summed E-state index contributed by atoms with van der Waals surface area (Å²) >= 11 is 0. The summed E-state index contributed by atoms with van der Waals surface area (Å²) in [5.74, 6) is 2.18. The molecule has 0 aromatic heterocycles. The van der Waals surface area contributed by atoms with Gasteiger partial charge in [0.15, 0.2) is 0 Å². The molecule has 5 heteroatoms. The maximum Gasteiger partial charge on any atom is 0.356 e. The highest BCUT2D eigenvalue weighted by Gasteiger charge is 2.26. The van der Waals surface area contributed by atoms with E-state index in [4.69, 9.17) is 9.47 Å². The van der Waals surface area contributed by atoms with Crippen LogP contribution in [0.4, 0.5) is 0 Å². The molecule has 0 aliphatic carbocycles. The van der Waals surface area contributed by atoms with Crippen LogP contribution in [-0.4, -0.2) is 41.9 Å². The minimum atomic E-state index is -0.447. The minimum absolute atomic E-state index is 0.0885. The first-order valence-electron chi connectivity index (χ1n) is 6.65. The average Bonchev–Trinajstić information content (AvgIpc) is 2.36. The lowest BCUT2D eigenvalue weighted by atomic mass is 10.3. The Morgan fingerprint density at radius 2 is 1.89 bits per heavy atom. The highest BCUT2D eigenvalue weighted by Crippen LogP contribution is 2.14. The first-order chi connectivity index (χ1) is 8.99. The van der Waals surface area contributed by atoms with Gasteiger partial charge in [-0.05, 0) is 44.0 Å². The summed E-state index contributed by atoms with van der Waals surface area (Å²) in [7, 11) is 0.192. The minimum Gasteiger partial charge on any atom is -0.458 e. The van der Waals surface area contributed by atoms with Gasteiger partial charge in [0, 0.05) is 5.57 Å². The fraction of sp³-hybridized carbons (Fsp3) is 0.714. The molecule has 1 fully saturated rings. The Hall–Kier alpha value is -0.970. The second kappa shape index (κ2) is 8.25. The third kappa shape index (κ3) is 6.66. The van der Waals surface area contributed by atoms with Crippen molar-refractivity contribution in [2.45, 2.75) is 39.2 Å². The summed E-state index contributed by atoms with van der Waals surface area (Å²) in [6, 6.07) is 0. The van der Waals surface area contributed by atoms with E-state index < -0.39 is 12.1 Å². The predicted molar refractivity (Wildman–Crippen MR) is 77.1 cm³/mol. The lowest BCUT2D eigenvalue weighted by molar-refractivity contribution is -0.153. The molecular weight excluding hydrogens is 264 g/mol. The lowest BCUT2D eigenvalue weighted by Gasteiger charge is -2.16. The summed E-state index contributed by atoms with van der Waals surface area (Å²) in [5.41, 5.74) is 0.349. The zero-order valence-electron chi connectivity index (χ0n) is 11.8. The SMILES string of the molecule is C=C(C)C(=O)OCC(C)OC(=O)C[S+]1CCCCC1. The Morgan fingerprint density at radius 3 is 2.47 bits per heavy atom. The maximum atomic E-state index is 11.7. The molecule has 0 amide bonds. The summed E-state index contributed by atoms with van der Waals surface area (Å²) in [6.07, 6.45) is 3.33. The molecule has 1 unspecified atom stereocenters. The molecule has 0 radical (unpaired) electrons. The van der Waals surface area contributed by atoms with Gasteiger partial charge in [-0.2, -0.15) is 0 Å². The van der Waals surface area contributed by atoms with E-state index in [9.17, 15) is 9.59 Å². The molecule has 108 valence electrons. The molecule has 1 atom stereocenters. The van der Waals surface area contributed by atoms with Gasteiger partial charge < -0.3 is 9.47 Å². The van der Waals surface area contributed by atoms with Gasteiger partial charge >= 0.3 is 11.9 Å². The van der Waals surface area contributed by atoms with E-state index in [0.29, 0.717) is 11.3 Å². The summed E-state index contributed by atoms with van der Waals surface area (Å²) in [6.45, 7) is 6.89. The molecular formula is C14H23O4S+. The van der Waals surface area contributed by atoms with Gasteiger partial charge in [0.1, 0.15) is 24.2 Å². The van der Waals surface area contributed by atoms with Gasteiger partial charge in [-0.1, -0.05) is 6.58 Å². The Bertz CT molecular complexity index is 334. The highest BCUT2D eigenvalue weighted by molar-refractivity contribution is 7.97. The van der Waals surface area contributed by atoms with E-state index in [1.807, 2.05) is 0 Å². The molecule has 0 aromatic carbocycles. The number of hydrogen-bond acceptors (Lipinski definition) is 4. The predicted octanol–water partition coefficient (Wildman–Crippen LogP) is 1.84. The standard InChI is InChI=1S/C14H23O4S/c1-11(2)14(16)17-9-12(3)18-13(15)10-19-7-5-4-6-8-19/h12H,1,4-10H2,2-3H3/q+1. The third-order valence-electron chi connectivity index (χ3n) is 2.82. The van der Waals surface area contributed by atoms with Crippen LogP contribution in [0.5, 0.6) is 0 Å². The quantitative estimate of drug-likeness (QED) is 0.425. The maximum absolute atomic E-state index is 11.7. The van der Waals surface area contributed by atoms with Crippen LogP contribution in [0.1, 0.15) is 33.1 Å². The van der Waals surface area contributed by atoms with Crippen LogP contribution < -0.4 is 0 Å². The van der Waals surface area contributed by atoms with E-state index in [-0.39, 0.29) is 23.5 Å². The van der Waals surface area contributed by atoms with Crippen LogP contribution >= 0.6 is 0 Å². The number of ether oxygens (including phenoxy) is 2. The Kier molecular flexibility index (Phi) is 6.99. The molecule has 0 spiro atoms. The van der Waals surface area contributed by atoms with E-state index >= 15 is 0 Å². The van der Waals surface area contributed by atoms with Gasteiger partial charge in [-0.3, -0.25) is 0 Å². The van der Waals surface area contributed by atoms with Crippen molar-refractivity contribution in [1.82, 2.24) is 0 Å². The first-order valence-corrected chi connectivity index (χ1v) is 8.38. The number of esters is 2. The fourth-order valence-corrected chi connectivity index (χ4v) is 3.93. The highest BCUT2D eigenvalue weighted by atomic mass is 32.2. The van der Waals surface area contributed by atoms with Crippen LogP contribution in [0, 0.1) is 0 Å². The van der Waals surface area contributed by atoms with Gasteiger partial charge in [-0.25, -0.2) is 9.59 Å². The lowest BCUT2D eigenvalue weighted by Crippen LogP contribution is -2.30. The van der Waals surface area contributed by atoms with Crippen molar-refractivity contribution in [2.75, 3.05) is 23.9 Å². The molecule has 19 heavy (non-hydrogen) atoms. The van der Waals surface area contributed by atoms with Crippen molar-refractivity contribution >= 4 is 22.8 Å². The van der Waals surface area contributed by atoms with Gasteiger partial charge in [-0.15, -0.1) is 0 Å². The van der Waals surface area contributed by atoms with Crippen molar-refractivity contribution < 1.29 is 19.1 Å². The summed E-state index contributed by atoms with van der Waals surface area (Å²) < 4.78 is 10.2. The number of carbonyl (C=O) groups is 2. The molecule has 0 N–H and O–H groups in total. The topological polar surface area (TPSA) is 52.6 Å². The third-order valence-corrected chi connectivity index (χ3v) is 5.19. The zero-order chi connectivity index (χ0) is 14.3. The van der Waals surface area contributed by atoms with Crippen molar-refractivity contribution in [2.24, 2.45) is 0 Å². The van der Waals surface area contributed by atoms with E-state index in [1.54, 1.807) is 13.8 Å². The van der Waals surface area contributed by atoms with E-state index in [0.717, 1.165) is 11.5 Å². The van der Waals surface area contributed by atoms with Crippen LogP contribution in [0.3, 0.4) is 0 Å². The van der Waals surface area contributed by atoms with Crippen molar-refractivity contribution in [3.63, 3.8) is 0 Å². The number of hydrogen-bond donors (Lipinski definition) is 0. The Labute approximate surface area is 117 Å². The summed E-state index contributed by atoms with van der Waals surface area (Å²) in [5, 5.41) is 0. The van der Waals surface area contributed by atoms with Crippen molar-refractivity contribution in [1.29, 1.82) is 0 Å². The fourth-order valence-electron chi connectivity index (χ4n) is 1.81. The average molecular weight is 287 g/mol. The normalized spacial score (nSPS) is 17.6. The molecule has 1 saturated heterocycles. The monoisotopic (exact) mass is 287 g/mol. The molecule has 1 heterocycles.